The molecule has 0 aromatic heterocycles. The standard InChI is InChI=1S/C26H29NO6/c1-4-11-32-20-7-5-6-17(15-20)23-22(25(29)26(30)27(23)10-12-31-3)24(28)18-8-9-21-19(14-18)13-16(2)33-21/h5-9,14-16,23,28H,4,10-13H2,1-3H3/t16-,23+/m0/s1. The van der Waals surface area contributed by atoms with E-state index in [2.05, 4.69) is 0 Å². The lowest BCUT2D eigenvalue weighted by molar-refractivity contribution is -0.140. The molecule has 1 saturated heterocycles. The zero-order chi connectivity index (χ0) is 23.5. The Morgan fingerprint density at radius 3 is 2.76 bits per heavy atom. The van der Waals surface area contributed by atoms with Gasteiger partial charge >= 0.3 is 0 Å². The van der Waals surface area contributed by atoms with E-state index in [0.29, 0.717) is 23.5 Å². The van der Waals surface area contributed by atoms with Crippen LogP contribution in [0.2, 0.25) is 0 Å². The van der Waals surface area contributed by atoms with Gasteiger partial charge in [-0.25, -0.2) is 0 Å². The fraction of sp³-hybridized carbons (Fsp3) is 0.385. The molecule has 2 heterocycles. The monoisotopic (exact) mass is 451 g/mol. The maximum atomic E-state index is 13.1. The van der Waals surface area contributed by atoms with Crippen LogP contribution in [0.25, 0.3) is 5.76 Å². The molecule has 1 amide bonds. The molecule has 33 heavy (non-hydrogen) atoms. The van der Waals surface area contributed by atoms with Gasteiger partial charge in [0.25, 0.3) is 11.7 Å². The molecule has 0 spiro atoms. The Morgan fingerprint density at radius 1 is 1.18 bits per heavy atom. The highest BCUT2D eigenvalue weighted by Crippen LogP contribution is 2.41. The van der Waals surface area contributed by atoms with E-state index in [1.165, 1.54) is 4.90 Å². The van der Waals surface area contributed by atoms with Gasteiger partial charge in [0, 0.05) is 25.6 Å². The number of likely N-dealkylation sites (tertiary alicyclic amines) is 1. The molecule has 2 aliphatic heterocycles. The summed E-state index contributed by atoms with van der Waals surface area (Å²) >= 11 is 0. The van der Waals surface area contributed by atoms with Crippen molar-refractivity contribution in [1.29, 1.82) is 0 Å². The van der Waals surface area contributed by atoms with Gasteiger partial charge in [0.05, 0.1) is 24.8 Å². The Hall–Kier alpha value is -3.32. The second-order valence-corrected chi connectivity index (χ2v) is 8.36. The smallest absolute Gasteiger partial charge is 0.295 e. The average Bonchev–Trinajstić information content (AvgIpc) is 3.31. The number of amides is 1. The van der Waals surface area contributed by atoms with Crippen molar-refractivity contribution in [3.8, 4) is 11.5 Å². The molecule has 2 aromatic rings. The highest BCUT2D eigenvalue weighted by atomic mass is 16.5. The van der Waals surface area contributed by atoms with Crippen LogP contribution in [0, 0.1) is 0 Å². The maximum Gasteiger partial charge on any atom is 0.295 e. The van der Waals surface area contributed by atoms with Crippen LogP contribution in [0.1, 0.15) is 43.0 Å². The summed E-state index contributed by atoms with van der Waals surface area (Å²) in [7, 11) is 1.54. The van der Waals surface area contributed by atoms with Crippen LogP contribution in [-0.2, 0) is 20.7 Å². The molecule has 1 fully saturated rings. The first-order chi connectivity index (χ1) is 15.9. The molecule has 0 saturated carbocycles. The number of fused-ring (bicyclic) bond motifs is 1. The highest BCUT2D eigenvalue weighted by Gasteiger charge is 2.46. The number of nitrogens with zero attached hydrogens (tertiary/aromatic N) is 1. The van der Waals surface area contributed by atoms with Crippen LogP contribution in [-0.4, -0.2) is 54.7 Å². The SMILES string of the molecule is CCCOc1cccc([C@@H]2C(=C(O)c3ccc4c(c3)C[C@H](C)O4)C(=O)C(=O)N2CCOC)c1. The maximum absolute atomic E-state index is 13.1. The Labute approximate surface area is 193 Å². The number of ether oxygens (including phenoxy) is 3. The largest absolute Gasteiger partial charge is 0.507 e. The molecule has 7 nitrogen and oxygen atoms in total. The molecule has 174 valence electrons. The second kappa shape index (κ2) is 9.67. The first-order valence-electron chi connectivity index (χ1n) is 11.2. The lowest BCUT2D eigenvalue weighted by Crippen LogP contribution is -2.32. The summed E-state index contributed by atoms with van der Waals surface area (Å²) in [5.41, 5.74) is 2.21. The van der Waals surface area contributed by atoms with Gasteiger partial charge in [-0.05, 0) is 54.8 Å². The van der Waals surface area contributed by atoms with Gasteiger partial charge in [0.2, 0.25) is 0 Å². The topological polar surface area (TPSA) is 85.3 Å². The van der Waals surface area contributed by atoms with E-state index in [1.54, 1.807) is 19.2 Å². The molecule has 0 bridgehead atoms. The number of hydrogen-bond donors (Lipinski definition) is 1. The number of hydrogen-bond acceptors (Lipinski definition) is 6. The molecule has 0 unspecified atom stereocenters. The third-order valence-corrected chi connectivity index (χ3v) is 5.89. The van der Waals surface area contributed by atoms with Gasteiger partial charge < -0.3 is 24.2 Å². The summed E-state index contributed by atoms with van der Waals surface area (Å²) in [4.78, 5) is 27.5. The molecule has 2 aromatic carbocycles. The first kappa shape index (κ1) is 22.9. The third-order valence-electron chi connectivity index (χ3n) is 5.89. The molecule has 2 atom stereocenters. The van der Waals surface area contributed by atoms with Crippen molar-refractivity contribution in [2.45, 2.75) is 38.8 Å². The van der Waals surface area contributed by atoms with Crippen molar-refractivity contribution < 1.29 is 28.9 Å². The van der Waals surface area contributed by atoms with E-state index in [9.17, 15) is 14.7 Å². The zero-order valence-electron chi connectivity index (χ0n) is 19.2. The van der Waals surface area contributed by atoms with Crippen molar-refractivity contribution >= 4 is 17.4 Å². The number of rotatable bonds is 8. The van der Waals surface area contributed by atoms with E-state index in [4.69, 9.17) is 14.2 Å². The van der Waals surface area contributed by atoms with E-state index in [0.717, 1.165) is 24.2 Å². The minimum absolute atomic E-state index is 0.0582. The highest BCUT2D eigenvalue weighted by molar-refractivity contribution is 6.46. The summed E-state index contributed by atoms with van der Waals surface area (Å²) in [6, 6.07) is 11.9. The minimum Gasteiger partial charge on any atom is -0.507 e. The van der Waals surface area contributed by atoms with E-state index >= 15 is 0 Å². The summed E-state index contributed by atoms with van der Waals surface area (Å²) < 4.78 is 16.7. The molecule has 0 radical (unpaired) electrons. The lowest BCUT2D eigenvalue weighted by atomic mass is 9.94. The van der Waals surface area contributed by atoms with Crippen molar-refractivity contribution in [1.82, 2.24) is 4.90 Å². The van der Waals surface area contributed by atoms with Gasteiger partial charge in [-0.3, -0.25) is 9.59 Å². The number of methoxy groups -OCH3 is 1. The Morgan fingerprint density at radius 2 is 2.00 bits per heavy atom. The molecule has 1 N–H and O–H groups in total. The number of carbonyl (C=O) groups excluding carboxylic acids is 2. The molecule has 7 heteroatoms. The van der Waals surface area contributed by atoms with Crippen LogP contribution in [0.4, 0.5) is 0 Å². The normalized spacial score (nSPS) is 21.2. The Kier molecular flexibility index (Phi) is 6.70. The van der Waals surface area contributed by atoms with Crippen LogP contribution >= 0.6 is 0 Å². The summed E-state index contributed by atoms with van der Waals surface area (Å²) in [6.45, 7) is 5.05. The quantitative estimate of drug-likeness (QED) is 0.373. The molecule has 0 aliphatic carbocycles. The van der Waals surface area contributed by atoms with Gasteiger partial charge in [-0.1, -0.05) is 19.1 Å². The number of benzene rings is 2. The summed E-state index contributed by atoms with van der Waals surface area (Å²) in [6.07, 6.45) is 1.64. The van der Waals surface area contributed by atoms with Gasteiger partial charge in [-0.15, -0.1) is 0 Å². The predicted octanol–water partition coefficient (Wildman–Crippen LogP) is 3.87. The average molecular weight is 452 g/mol. The van der Waals surface area contributed by atoms with Gasteiger partial charge in [0.15, 0.2) is 0 Å². The Balaban J connectivity index is 1.80. The summed E-state index contributed by atoms with van der Waals surface area (Å²) in [5.74, 6) is -0.136. The number of carbonyl (C=O) groups is 2. The van der Waals surface area contributed by atoms with E-state index in [-0.39, 0.29) is 30.6 Å². The van der Waals surface area contributed by atoms with E-state index in [1.807, 2.05) is 44.2 Å². The molecule has 4 rings (SSSR count). The first-order valence-corrected chi connectivity index (χ1v) is 11.2. The Bertz CT molecular complexity index is 1090. The number of ketones is 1. The second-order valence-electron chi connectivity index (χ2n) is 8.36. The van der Waals surface area contributed by atoms with Crippen LogP contribution < -0.4 is 9.47 Å². The fourth-order valence-electron chi connectivity index (χ4n) is 4.37. The van der Waals surface area contributed by atoms with E-state index < -0.39 is 17.7 Å². The molecular formula is C26H29NO6. The molecular weight excluding hydrogens is 422 g/mol. The van der Waals surface area contributed by atoms with Crippen molar-refractivity contribution in [3.63, 3.8) is 0 Å². The number of aliphatic hydroxyl groups excluding tert-OH is 1. The van der Waals surface area contributed by atoms with Crippen LogP contribution in [0.5, 0.6) is 11.5 Å². The van der Waals surface area contributed by atoms with Crippen molar-refractivity contribution in [2.75, 3.05) is 26.9 Å². The minimum atomic E-state index is -0.742. The van der Waals surface area contributed by atoms with Crippen molar-refractivity contribution in [2.24, 2.45) is 0 Å². The fourth-order valence-corrected chi connectivity index (χ4v) is 4.37. The third kappa shape index (κ3) is 4.46. The van der Waals surface area contributed by atoms with Crippen molar-refractivity contribution in [3.05, 3.63) is 64.7 Å². The van der Waals surface area contributed by atoms with Gasteiger partial charge in [-0.2, -0.15) is 0 Å². The molecule has 2 aliphatic rings. The number of Topliss-reactive ketones (excluding diaryl/α,β-unsaturated/α-hetero) is 1. The zero-order valence-corrected chi connectivity index (χ0v) is 19.2. The van der Waals surface area contributed by atoms with Crippen LogP contribution in [0.3, 0.4) is 0 Å². The predicted molar refractivity (Wildman–Crippen MR) is 123 cm³/mol. The van der Waals surface area contributed by atoms with Gasteiger partial charge in [0.1, 0.15) is 23.4 Å². The van der Waals surface area contributed by atoms with Crippen LogP contribution in [0.15, 0.2) is 48.0 Å². The lowest BCUT2D eigenvalue weighted by Gasteiger charge is -2.25. The number of aliphatic hydroxyl groups is 1. The summed E-state index contributed by atoms with van der Waals surface area (Å²) in [5, 5.41) is 11.3.